The standard InChI is InChI=1S/C19H23N3O2/c1-13-6-4-7-14(2)19(13)22-18(24)10-11-20-16-8-5-9-17(12-16)21-15(3)23/h4-9,12,20H,10-11H2,1-3H3,(H,21,23)(H,22,24). The van der Waals surface area contributed by atoms with Gasteiger partial charge in [0.25, 0.3) is 0 Å². The highest BCUT2D eigenvalue weighted by molar-refractivity contribution is 5.92. The summed E-state index contributed by atoms with van der Waals surface area (Å²) in [6.07, 6.45) is 0.359. The molecule has 5 nitrogen and oxygen atoms in total. The third-order valence-electron chi connectivity index (χ3n) is 3.61. The van der Waals surface area contributed by atoms with E-state index in [0.717, 1.165) is 28.2 Å². The monoisotopic (exact) mass is 325 g/mol. The number of amides is 2. The molecule has 0 aliphatic heterocycles. The Labute approximate surface area is 142 Å². The van der Waals surface area contributed by atoms with Gasteiger partial charge in [-0.15, -0.1) is 0 Å². The van der Waals surface area contributed by atoms with Gasteiger partial charge < -0.3 is 16.0 Å². The minimum Gasteiger partial charge on any atom is -0.384 e. The van der Waals surface area contributed by atoms with Crippen LogP contribution in [0.5, 0.6) is 0 Å². The number of hydrogen-bond acceptors (Lipinski definition) is 3. The van der Waals surface area contributed by atoms with Crippen LogP contribution in [0.25, 0.3) is 0 Å². The lowest BCUT2D eigenvalue weighted by atomic mass is 10.1. The highest BCUT2D eigenvalue weighted by Gasteiger charge is 2.07. The lowest BCUT2D eigenvalue weighted by molar-refractivity contribution is -0.116. The highest BCUT2D eigenvalue weighted by Crippen LogP contribution is 2.19. The molecule has 0 saturated heterocycles. The van der Waals surface area contributed by atoms with Crippen molar-refractivity contribution in [1.29, 1.82) is 0 Å². The van der Waals surface area contributed by atoms with Crippen LogP contribution >= 0.6 is 0 Å². The molecule has 0 aliphatic rings. The lowest BCUT2D eigenvalue weighted by Crippen LogP contribution is -2.17. The van der Waals surface area contributed by atoms with Crippen molar-refractivity contribution in [2.24, 2.45) is 0 Å². The van der Waals surface area contributed by atoms with Gasteiger partial charge in [-0.2, -0.15) is 0 Å². The summed E-state index contributed by atoms with van der Waals surface area (Å²) in [7, 11) is 0. The van der Waals surface area contributed by atoms with E-state index in [1.165, 1.54) is 6.92 Å². The van der Waals surface area contributed by atoms with E-state index in [4.69, 9.17) is 0 Å². The SMILES string of the molecule is CC(=O)Nc1cccc(NCCC(=O)Nc2c(C)cccc2C)c1. The first-order valence-electron chi connectivity index (χ1n) is 7.93. The predicted molar refractivity (Wildman–Crippen MR) is 98.4 cm³/mol. The Hall–Kier alpha value is -2.82. The van der Waals surface area contributed by atoms with Crippen molar-refractivity contribution in [2.75, 3.05) is 22.5 Å². The fraction of sp³-hybridized carbons (Fsp3) is 0.263. The third-order valence-corrected chi connectivity index (χ3v) is 3.61. The molecule has 0 bridgehead atoms. The first-order valence-corrected chi connectivity index (χ1v) is 7.93. The molecule has 2 rings (SSSR count). The Balaban J connectivity index is 1.86. The van der Waals surface area contributed by atoms with E-state index >= 15 is 0 Å². The van der Waals surface area contributed by atoms with Crippen molar-refractivity contribution in [3.05, 3.63) is 53.6 Å². The third kappa shape index (κ3) is 5.12. The van der Waals surface area contributed by atoms with E-state index in [0.29, 0.717) is 13.0 Å². The van der Waals surface area contributed by atoms with Crippen LogP contribution in [-0.2, 0) is 9.59 Å². The molecule has 0 fully saturated rings. The van der Waals surface area contributed by atoms with Crippen molar-refractivity contribution >= 4 is 28.9 Å². The quantitative estimate of drug-likeness (QED) is 0.758. The second-order valence-corrected chi connectivity index (χ2v) is 5.75. The minimum atomic E-state index is -0.111. The van der Waals surface area contributed by atoms with E-state index in [1.54, 1.807) is 0 Å². The second kappa shape index (κ2) is 8.15. The van der Waals surface area contributed by atoms with Crippen LogP contribution in [0.1, 0.15) is 24.5 Å². The number of para-hydroxylation sites is 1. The molecule has 0 unspecified atom stereocenters. The molecule has 0 aliphatic carbocycles. The molecule has 0 saturated carbocycles. The molecule has 5 heteroatoms. The van der Waals surface area contributed by atoms with Crippen LogP contribution in [0.3, 0.4) is 0 Å². The van der Waals surface area contributed by atoms with Gasteiger partial charge in [0.1, 0.15) is 0 Å². The Bertz CT molecular complexity index is 721. The van der Waals surface area contributed by atoms with Crippen LogP contribution in [0.2, 0.25) is 0 Å². The summed E-state index contributed by atoms with van der Waals surface area (Å²) in [5, 5.41) is 8.89. The number of anilines is 3. The molecule has 126 valence electrons. The van der Waals surface area contributed by atoms with Gasteiger partial charge in [0, 0.05) is 37.0 Å². The number of carbonyl (C=O) groups is 2. The molecule has 0 spiro atoms. The van der Waals surface area contributed by atoms with Crippen LogP contribution < -0.4 is 16.0 Å². The lowest BCUT2D eigenvalue weighted by Gasteiger charge is -2.12. The zero-order chi connectivity index (χ0) is 17.5. The summed E-state index contributed by atoms with van der Waals surface area (Å²) in [6, 6.07) is 13.3. The first kappa shape index (κ1) is 17.5. The van der Waals surface area contributed by atoms with Gasteiger partial charge in [-0.25, -0.2) is 0 Å². The van der Waals surface area contributed by atoms with Crippen molar-refractivity contribution in [3.8, 4) is 0 Å². The number of aryl methyl sites for hydroxylation is 2. The summed E-state index contributed by atoms with van der Waals surface area (Å²) in [5.74, 6) is -0.141. The van der Waals surface area contributed by atoms with Crippen molar-refractivity contribution in [2.45, 2.75) is 27.2 Å². The van der Waals surface area contributed by atoms with Crippen LogP contribution in [0.15, 0.2) is 42.5 Å². The fourth-order valence-electron chi connectivity index (χ4n) is 2.44. The minimum absolute atomic E-state index is 0.0297. The van der Waals surface area contributed by atoms with Gasteiger partial charge in [0.2, 0.25) is 11.8 Å². The molecule has 0 heterocycles. The van der Waals surface area contributed by atoms with Gasteiger partial charge in [0.15, 0.2) is 0 Å². The topological polar surface area (TPSA) is 70.2 Å². The molecule has 2 aromatic rings. The molecule has 2 aromatic carbocycles. The summed E-state index contributed by atoms with van der Waals surface area (Å²) in [4.78, 5) is 23.2. The Morgan fingerprint density at radius 2 is 1.54 bits per heavy atom. The van der Waals surface area contributed by atoms with E-state index in [9.17, 15) is 9.59 Å². The number of hydrogen-bond donors (Lipinski definition) is 3. The zero-order valence-corrected chi connectivity index (χ0v) is 14.3. The van der Waals surface area contributed by atoms with Crippen LogP contribution in [0.4, 0.5) is 17.1 Å². The van der Waals surface area contributed by atoms with Crippen LogP contribution in [0, 0.1) is 13.8 Å². The second-order valence-electron chi connectivity index (χ2n) is 5.75. The summed E-state index contributed by atoms with van der Waals surface area (Å²) >= 11 is 0. The van der Waals surface area contributed by atoms with Crippen molar-refractivity contribution in [1.82, 2.24) is 0 Å². The van der Waals surface area contributed by atoms with Crippen molar-refractivity contribution < 1.29 is 9.59 Å². The fourth-order valence-corrected chi connectivity index (χ4v) is 2.44. The van der Waals surface area contributed by atoms with Gasteiger partial charge >= 0.3 is 0 Å². The van der Waals surface area contributed by atoms with Gasteiger partial charge in [-0.1, -0.05) is 24.3 Å². The Morgan fingerprint density at radius 3 is 2.21 bits per heavy atom. The maximum Gasteiger partial charge on any atom is 0.226 e. The van der Waals surface area contributed by atoms with Gasteiger partial charge in [-0.05, 0) is 43.2 Å². The molecular weight excluding hydrogens is 302 g/mol. The normalized spacial score (nSPS) is 10.1. The molecule has 0 radical (unpaired) electrons. The molecule has 3 N–H and O–H groups in total. The van der Waals surface area contributed by atoms with E-state index < -0.39 is 0 Å². The molecule has 2 amide bonds. The Kier molecular flexibility index (Phi) is 5.95. The Morgan fingerprint density at radius 1 is 0.917 bits per heavy atom. The first-order chi connectivity index (χ1) is 11.5. The van der Waals surface area contributed by atoms with Crippen LogP contribution in [-0.4, -0.2) is 18.4 Å². The largest absolute Gasteiger partial charge is 0.384 e. The molecule has 0 aromatic heterocycles. The maximum atomic E-state index is 12.1. The maximum absolute atomic E-state index is 12.1. The smallest absolute Gasteiger partial charge is 0.226 e. The van der Waals surface area contributed by atoms with E-state index in [-0.39, 0.29) is 11.8 Å². The summed E-state index contributed by atoms with van der Waals surface area (Å²) in [6.45, 7) is 5.95. The highest BCUT2D eigenvalue weighted by atomic mass is 16.2. The average molecular weight is 325 g/mol. The number of benzene rings is 2. The number of nitrogens with one attached hydrogen (secondary N) is 3. The number of rotatable bonds is 6. The predicted octanol–water partition coefficient (Wildman–Crippen LogP) is 3.70. The summed E-state index contributed by atoms with van der Waals surface area (Å²) in [5.41, 5.74) is 4.59. The zero-order valence-electron chi connectivity index (χ0n) is 14.3. The van der Waals surface area contributed by atoms with E-state index in [2.05, 4.69) is 16.0 Å². The number of carbonyl (C=O) groups excluding carboxylic acids is 2. The molecule has 0 atom stereocenters. The van der Waals surface area contributed by atoms with Gasteiger partial charge in [-0.3, -0.25) is 9.59 Å². The van der Waals surface area contributed by atoms with Crippen molar-refractivity contribution in [3.63, 3.8) is 0 Å². The summed E-state index contributed by atoms with van der Waals surface area (Å²) < 4.78 is 0. The van der Waals surface area contributed by atoms with Gasteiger partial charge in [0.05, 0.1) is 0 Å². The average Bonchev–Trinajstić information content (AvgIpc) is 2.51. The molecular formula is C19H23N3O2. The molecule has 24 heavy (non-hydrogen) atoms. The van der Waals surface area contributed by atoms with E-state index in [1.807, 2.05) is 56.3 Å².